The summed E-state index contributed by atoms with van der Waals surface area (Å²) >= 11 is 1.46. The van der Waals surface area contributed by atoms with Crippen molar-refractivity contribution in [2.45, 2.75) is 11.5 Å². The summed E-state index contributed by atoms with van der Waals surface area (Å²) in [6.07, 6.45) is 1.58. The Labute approximate surface area is 174 Å². The molecular formula is C23H22N2O3S. The first-order valence-electron chi connectivity index (χ1n) is 9.09. The van der Waals surface area contributed by atoms with E-state index >= 15 is 0 Å². The number of rotatable bonds is 9. The molecule has 0 fully saturated rings. The number of ether oxygens (including phenoxy) is 2. The molecule has 3 aromatic rings. The molecule has 5 nitrogen and oxygen atoms in total. The van der Waals surface area contributed by atoms with E-state index in [-0.39, 0.29) is 5.91 Å². The molecule has 0 saturated heterocycles. The molecule has 0 spiro atoms. The largest absolute Gasteiger partial charge is 0.493 e. The van der Waals surface area contributed by atoms with Crippen LogP contribution in [0.3, 0.4) is 0 Å². The maximum absolute atomic E-state index is 11.9. The Morgan fingerprint density at radius 1 is 1.00 bits per heavy atom. The number of nitrogens with one attached hydrogen (secondary N) is 1. The van der Waals surface area contributed by atoms with Crippen LogP contribution in [0.4, 0.5) is 0 Å². The summed E-state index contributed by atoms with van der Waals surface area (Å²) in [6.45, 7) is 0.458. The van der Waals surface area contributed by atoms with E-state index in [1.807, 2.05) is 78.9 Å². The first-order valence-corrected chi connectivity index (χ1v) is 10.1. The quantitative estimate of drug-likeness (QED) is 0.323. The summed E-state index contributed by atoms with van der Waals surface area (Å²) in [4.78, 5) is 13.0. The SMILES string of the molecule is COc1cc(/C=N\NC(=O)CSc2ccccc2)ccc1OCc1ccccc1. The summed E-state index contributed by atoms with van der Waals surface area (Å²) in [5.74, 6) is 1.40. The van der Waals surface area contributed by atoms with E-state index in [0.29, 0.717) is 23.9 Å². The first kappa shape index (κ1) is 20.5. The molecule has 0 aliphatic rings. The lowest BCUT2D eigenvalue weighted by Crippen LogP contribution is -2.19. The maximum Gasteiger partial charge on any atom is 0.250 e. The molecule has 3 rings (SSSR count). The number of carbonyl (C=O) groups excluding carboxylic acids is 1. The third kappa shape index (κ3) is 6.69. The highest BCUT2D eigenvalue weighted by atomic mass is 32.2. The van der Waals surface area contributed by atoms with Gasteiger partial charge in [0.1, 0.15) is 6.61 Å². The van der Waals surface area contributed by atoms with E-state index in [4.69, 9.17) is 9.47 Å². The number of benzene rings is 3. The summed E-state index contributed by atoms with van der Waals surface area (Å²) in [6, 6.07) is 25.2. The Hall–Kier alpha value is -3.25. The van der Waals surface area contributed by atoms with E-state index < -0.39 is 0 Å². The van der Waals surface area contributed by atoms with Gasteiger partial charge in [-0.3, -0.25) is 4.79 Å². The Balaban J connectivity index is 1.51. The number of nitrogens with zero attached hydrogens (tertiary/aromatic N) is 1. The zero-order chi connectivity index (χ0) is 20.3. The summed E-state index contributed by atoms with van der Waals surface area (Å²) in [5.41, 5.74) is 4.41. The lowest BCUT2D eigenvalue weighted by atomic mass is 10.2. The predicted octanol–water partition coefficient (Wildman–Crippen LogP) is 4.52. The lowest BCUT2D eigenvalue weighted by Gasteiger charge is -2.11. The molecule has 148 valence electrons. The molecule has 6 heteroatoms. The second-order valence-electron chi connectivity index (χ2n) is 6.08. The van der Waals surface area contributed by atoms with Gasteiger partial charge in [0, 0.05) is 4.90 Å². The molecule has 0 aliphatic carbocycles. The van der Waals surface area contributed by atoms with Gasteiger partial charge in [-0.05, 0) is 41.5 Å². The second kappa shape index (κ2) is 10.9. The highest BCUT2D eigenvalue weighted by Crippen LogP contribution is 2.28. The van der Waals surface area contributed by atoms with Crippen LogP contribution in [0, 0.1) is 0 Å². The van der Waals surface area contributed by atoms with E-state index in [9.17, 15) is 4.79 Å². The molecule has 0 saturated carbocycles. The fourth-order valence-corrected chi connectivity index (χ4v) is 3.21. The molecule has 0 bridgehead atoms. The Kier molecular flexibility index (Phi) is 7.72. The number of methoxy groups -OCH3 is 1. The summed E-state index contributed by atoms with van der Waals surface area (Å²) in [5, 5.41) is 4.02. The third-order valence-corrected chi connectivity index (χ3v) is 4.95. The third-order valence-electron chi connectivity index (χ3n) is 3.94. The van der Waals surface area contributed by atoms with Crippen molar-refractivity contribution in [3.8, 4) is 11.5 Å². The van der Waals surface area contributed by atoms with Gasteiger partial charge in [0.15, 0.2) is 11.5 Å². The van der Waals surface area contributed by atoms with Gasteiger partial charge in [-0.25, -0.2) is 5.43 Å². The Bertz CT molecular complexity index is 947. The van der Waals surface area contributed by atoms with Crippen LogP contribution in [0.15, 0.2) is 88.9 Å². The summed E-state index contributed by atoms with van der Waals surface area (Å²) in [7, 11) is 1.59. The molecule has 0 aromatic heterocycles. The standard InChI is InChI=1S/C23H22N2O3S/c1-27-22-14-19(12-13-21(22)28-16-18-8-4-2-5-9-18)15-24-25-23(26)17-29-20-10-6-3-7-11-20/h2-15H,16-17H2,1H3,(H,25,26)/b24-15-. The average molecular weight is 407 g/mol. The van der Waals surface area contributed by atoms with Crippen molar-refractivity contribution in [1.29, 1.82) is 0 Å². The van der Waals surface area contributed by atoms with Crippen molar-refractivity contribution < 1.29 is 14.3 Å². The molecule has 0 atom stereocenters. The molecule has 29 heavy (non-hydrogen) atoms. The minimum atomic E-state index is -0.162. The van der Waals surface area contributed by atoms with Gasteiger partial charge < -0.3 is 9.47 Å². The monoisotopic (exact) mass is 406 g/mol. The predicted molar refractivity (Wildman–Crippen MR) is 117 cm³/mol. The number of hydrazone groups is 1. The van der Waals surface area contributed by atoms with Crippen LogP contribution in [0.1, 0.15) is 11.1 Å². The van der Waals surface area contributed by atoms with Crippen molar-refractivity contribution >= 4 is 23.9 Å². The Morgan fingerprint density at radius 3 is 2.45 bits per heavy atom. The molecule has 3 aromatic carbocycles. The number of hydrogen-bond acceptors (Lipinski definition) is 5. The van der Waals surface area contributed by atoms with Crippen molar-refractivity contribution in [2.75, 3.05) is 12.9 Å². The number of thioether (sulfide) groups is 1. The zero-order valence-electron chi connectivity index (χ0n) is 16.1. The number of hydrogen-bond donors (Lipinski definition) is 1. The van der Waals surface area contributed by atoms with Crippen LogP contribution in [0.25, 0.3) is 0 Å². The zero-order valence-corrected chi connectivity index (χ0v) is 16.9. The van der Waals surface area contributed by atoms with Crippen LogP contribution in [0.2, 0.25) is 0 Å². The van der Waals surface area contributed by atoms with Crippen LogP contribution in [0.5, 0.6) is 11.5 Å². The van der Waals surface area contributed by atoms with Gasteiger partial charge in [-0.15, -0.1) is 11.8 Å². The molecule has 0 radical (unpaired) electrons. The number of carbonyl (C=O) groups is 1. The normalized spacial score (nSPS) is 10.7. The van der Waals surface area contributed by atoms with Crippen molar-refractivity contribution in [3.63, 3.8) is 0 Å². The van der Waals surface area contributed by atoms with E-state index in [1.165, 1.54) is 11.8 Å². The summed E-state index contributed by atoms with van der Waals surface area (Å²) < 4.78 is 11.3. The van der Waals surface area contributed by atoms with Gasteiger partial charge in [0.25, 0.3) is 0 Å². The van der Waals surface area contributed by atoms with Gasteiger partial charge >= 0.3 is 0 Å². The molecular weight excluding hydrogens is 384 g/mol. The topological polar surface area (TPSA) is 59.9 Å². The molecule has 1 N–H and O–H groups in total. The van der Waals surface area contributed by atoms with Crippen molar-refractivity contribution in [2.24, 2.45) is 5.10 Å². The molecule has 0 aliphatic heterocycles. The maximum atomic E-state index is 11.9. The molecule has 1 amide bonds. The van der Waals surface area contributed by atoms with Crippen molar-refractivity contribution in [1.82, 2.24) is 5.43 Å². The minimum absolute atomic E-state index is 0.162. The van der Waals surface area contributed by atoms with Crippen LogP contribution in [-0.4, -0.2) is 25.0 Å². The highest BCUT2D eigenvalue weighted by Gasteiger charge is 2.06. The van der Waals surface area contributed by atoms with Gasteiger partial charge in [-0.1, -0.05) is 48.5 Å². The van der Waals surface area contributed by atoms with Gasteiger partial charge in [0.05, 0.1) is 19.1 Å². The first-order chi connectivity index (χ1) is 14.2. The van der Waals surface area contributed by atoms with Gasteiger partial charge in [0.2, 0.25) is 5.91 Å². The van der Waals surface area contributed by atoms with Crippen LogP contribution in [-0.2, 0) is 11.4 Å². The molecule has 0 unspecified atom stereocenters. The highest BCUT2D eigenvalue weighted by molar-refractivity contribution is 8.00. The van der Waals surface area contributed by atoms with Crippen LogP contribution >= 0.6 is 11.8 Å². The second-order valence-corrected chi connectivity index (χ2v) is 7.13. The lowest BCUT2D eigenvalue weighted by molar-refractivity contribution is -0.118. The van der Waals surface area contributed by atoms with Gasteiger partial charge in [-0.2, -0.15) is 5.10 Å². The minimum Gasteiger partial charge on any atom is -0.493 e. The van der Waals surface area contributed by atoms with Crippen LogP contribution < -0.4 is 14.9 Å². The molecule has 0 heterocycles. The fraction of sp³-hybridized carbons (Fsp3) is 0.130. The van der Waals surface area contributed by atoms with E-state index in [0.717, 1.165) is 16.0 Å². The average Bonchev–Trinajstić information content (AvgIpc) is 2.78. The number of amides is 1. The smallest absolute Gasteiger partial charge is 0.250 e. The Morgan fingerprint density at radius 2 is 1.72 bits per heavy atom. The fourth-order valence-electron chi connectivity index (χ4n) is 2.50. The van der Waals surface area contributed by atoms with E-state index in [2.05, 4.69) is 10.5 Å². The van der Waals surface area contributed by atoms with Crippen molar-refractivity contribution in [3.05, 3.63) is 90.0 Å². The van der Waals surface area contributed by atoms with E-state index in [1.54, 1.807) is 13.3 Å².